The van der Waals surface area contributed by atoms with Gasteiger partial charge in [-0.25, -0.2) is 9.59 Å². The molecule has 0 amide bonds. The van der Waals surface area contributed by atoms with Crippen molar-refractivity contribution in [2.24, 2.45) is 0 Å². The summed E-state index contributed by atoms with van der Waals surface area (Å²) >= 11 is 0. The zero-order valence-electron chi connectivity index (χ0n) is 9.01. The van der Waals surface area contributed by atoms with Gasteiger partial charge in [-0.2, -0.15) is 0 Å². The number of carboxylic acid groups (broad SMARTS) is 1. The van der Waals surface area contributed by atoms with Gasteiger partial charge in [-0.3, -0.25) is 4.57 Å². The van der Waals surface area contributed by atoms with Crippen LogP contribution in [-0.4, -0.2) is 27.7 Å². The second kappa shape index (κ2) is 4.17. The van der Waals surface area contributed by atoms with Crippen molar-refractivity contribution in [2.45, 2.75) is 0 Å². The largest absolute Gasteiger partial charge is 0.497 e. The fourth-order valence-corrected chi connectivity index (χ4v) is 1.51. The predicted molar refractivity (Wildman–Crippen MR) is 59.9 cm³/mol. The number of hydrogen-bond acceptors (Lipinski definition) is 3. The van der Waals surface area contributed by atoms with E-state index >= 15 is 0 Å². The van der Waals surface area contributed by atoms with E-state index in [9.17, 15) is 9.59 Å². The van der Waals surface area contributed by atoms with Crippen molar-refractivity contribution < 1.29 is 14.6 Å². The van der Waals surface area contributed by atoms with Gasteiger partial charge in [0.15, 0.2) is 5.69 Å². The van der Waals surface area contributed by atoms with Crippen LogP contribution in [0.3, 0.4) is 0 Å². The first kappa shape index (κ1) is 11.0. The van der Waals surface area contributed by atoms with E-state index in [1.807, 2.05) is 0 Å². The Morgan fingerprint density at radius 1 is 1.35 bits per heavy atom. The van der Waals surface area contributed by atoms with Gasteiger partial charge in [0.25, 0.3) is 0 Å². The topological polar surface area (TPSA) is 84.3 Å². The summed E-state index contributed by atoms with van der Waals surface area (Å²) in [6, 6.07) is 6.53. The molecule has 0 aliphatic heterocycles. The molecule has 2 rings (SSSR count). The molecular formula is C11H10N2O4. The van der Waals surface area contributed by atoms with Crippen LogP contribution < -0.4 is 10.4 Å². The van der Waals surface area contributed by atoms with Crippen LogP contribution in [0.4, 0.5) is 0 Å². The average molecular weight is 234 g/mol. The molecule has 2 N–H and O–H groups in total. The molecule has 0 fully saturated rings. The van der Waals surface area contributed by atoms with E-state index in [2.05, 4.69) is 4.98 Å². The van der Waals surface area contributed by atoms with E-state index in [0.717, 1.165) is 10.8 Å². The van der Waals surface area contributed by atoms with Crippen molar-refractivity contribution in [1.82, 2.24) is 9.55 Å². The van der Waals surface area contributed by atoms with Gasteiger partial charge in [-0.15, -0.1) is 0 Å². The van der Waals surface area contributed by atoms with Crippen molar-refractivity contribution in [3.63, 3.8) is 0 Å². The fraction of sp³-hybridized carbons (Fsp3) is 0.0909. The summed E-state index contributed by atoms with van der Waals surface area (Å²) in [5, 5.41) is 8.94. The van der Waals surface area contributed by atoms with Gasteiger partial charge in [0.05, 0.1) is 12.8 Å². The molecule has 0 bridgehead atoms. The summed E-state index contributed by atoms with van der Waals surface area (Å²) in [4.78, 5) is 24.8. The lowest BCUT2D eigenvalue weighted by Crippen LogP contribution is -2.18. The molecule has 1 heterocycles. The number of methoxy groups -OCH3 is 1. The monoisotopic (exact) mass is 234 g/mol. The molecule has 0 radical (unpaired) electrons. The van der Waals surface area contributed by atoms with Crippen LogP contribution in [-0.2, 0) is 0 Å². The highest BCUT2D eigenvalue weighted by molar-refractivity contribution is 5.86. The summed E-state index contributed by atoms with van der Waals surface area (Å²) < 4.78 is 6.07. The molecule has 6 nitrogen and oxygen atoms in total. The minimum Gasteiger partial charge on any atom is -0.497 e. The number of H-pyrrole nitrogens is 1. The number of aromatic amines is 1. The van der Waals surface area contributed by atoms with Crippen LogP contribution in [0.2, 0.25) is 0 Å². The van der Waals surface area contributed by atoms with Gasteiger partial charge in [0, 0.05) is 6.20 Å². The summed E-state index contributed by atoms with van der Waals surface area (Å²) in [6.45, 7) is 0. The van der Waals surface area contributed by atoms with Gasteiger partial charge < -0.3 is 14.8 Å². The Morgan fingerprint density at radius 2 is 2.00 bits per heavy atom. The van der Waals surface area contributed by atoms with Crippen molar-refractivity contribution >= 4 is 5.97 Å². The van der Waals surface area contributed by atoms with E-state index in [1.54, 1.807) is 24.3 Å². The second-order valence-electron chi connectivity index (χ2n) is 3.32. The van der Waals surface area contributed by atoms with Crippen LogP contribution >= 0.6 is 0 Å². The number of aromatic nitrogens is 2. The van der Waals surface area contributed by atoms with Crippen molar-refractivity contribution in [2.75, 3.05) is 7.11 Å². The molecule has 0 atom stereocenters. The average Bonchev–Trinajstić information content (AvgIpc) is 2.71. The highest BCUT2D eigenvalue weighted by atomic mass is 16.5. The molecule has 0 saturated heterocycles. The number of hydrogen-bond donors (Lipinski definition) is 2. The Hall–Kier alpha value is -2.50. The number of nitrogens with zero attached hydrogens (tertiary/aromatic N) is 1. The first-order valence-corrected chi connectivity index (χ1v) is 4.81. The zero-order chi connectivity index (χ0) is 12.4. The number of rotatable bonds is 3. The molecule has 0 spiro atoms. The van der Waals surface area contributed by atoms with Crippen LogP contribution in [0.1, 0.15) is 10.5 Å². The van der Waals surface area contributed by atoms with Gasteiger partial charge in [-0.05, 0) is 24.3 Å². The van der Waals surface area contributed by atoms with E-state index in [0.29, 0.717) is 11.4 Å². The third-order valence-corrected chi connectivity index (χ3v) is 2.33. The van der Waals surface area contributed by atoms with E-state index in [-0.39, 0.29) is 5.69 Å². The number of carbonyl (C=O) groups is 1. The molecule has 1 aromatic carbocycles. The number of aromatic carboxylic acids is 1. The third kappa shape index (κ3) is 1.92. The first-order chi connectivity index (χ1) is 8.13. The Kier molecular flexibility index (Phi) is 2.70. The molecule has 6 heteroatoms. The number of carboxylic acids is 1. The van der Waals surface area contributed by atoms with Crippen LogP contribution in [0.5, 0.6) is 5.75 Å². The summed E-state index contributed by atoms with van der Waals surface area (Å²) in [5.41, 5.74) is -0.137. The van der Waals surface area contributed by atoms with Crippen molar-refractivity contribution in [3.05, 3.63) is 46.6 Å². The van der Waals surface area contributed by atoms with Gasteiger partial charge >= 0.3 is 11.7 Å². The van der Waals surface area contributed by atoms with Crippen LogP contribution in [0.15, 0.2) is 35.3 Å². The summed E-state index contributed by atoms with van der Waals surface area (Å²) in [6.07, 6.45) is 1.16. The minimum absolute atomic E-state index is 0.111. The Balaban J connectivity index is 2.55. The Labute approximate surface area is 96.1 Å². The highest BCUT2D eigenvalue weighted by Gasteiger charge is 2.14. The highest BCUT2D eigenvalue weighted by Crippen LogP contribution is 2.14. The number of ether oxygens (including phenoxy) is 1. The predicted octanol–water partition coefficient (Wildman–Crippen LogP) is 0.872. The lowest BCUT2D eigenvalue weighted by atomic mass is 10.3. The van der Waals surface area contributed by atoms with Gasteiger partial charge in [-0.1, -0.05) is 0 Å². The maximum Gasteiger partial charge on any atom is 0.354 e. The SMILES string of the molecule is COc1ccc(-n2c(C(=O)O)c[nH]c2=O)cc1. The summed E-state index contributed by atoms with van der Waals surface area (Å²) in [7, 11) is 1.53. The molecule has 0 unspecified atom stereocenters. The van der Waals surface area contributed by atoms with Crippen molar-refractivity contribution in [1.29, 1.82) is 0 Å². The maximum atomic E-state index is 11.5. The van der Waals surface area contributed by atoms with E-state index < -0.39 is 11.7 Å². The molecule has 0 aliphatic rings. The standard InChI is InChI=1S/C11H10N2O4/c1-17-8-4-2-7(3-5-8)13-9(10(14)15)6-12-11(13)16/h2-6H,1H3,(H,12,16)(H,14,15). The Morgan fingerprint density at radius 3 is 2.53 bits per heavy atom. The summed E-state index contributed by atoms with van der Waals surface area (Å²) in [5.74, 6) is -0.534. The minimum atomic E-state index is -1.17. The molecule has 88 valence electrons. The van der Waals surface area contributed by atoms with E-state index in [4.69, 9.17) is 9.84 Å². The first-order valence-electron chi connectivity index (χ1n) is 4.81. The van der Waals surface area contributed by atoms with Crippen molar-refractivity contribution in [3.8, 4) is 11.4 Å². The lowest BCUT2D eigenvalue weighted by molar-refractivity contribution is 0.0688. The molecule has 0 aliphatic carbocycles. The molecular weight excluding hydrogens is 224 g/mol. The molecule has 17 heavy (non-hydrogen) atoms. The number of imidazole rings is 1. The Bertz CT molecular complexity index is 595. The quantitative estimate of drug-likeness (QED) is 0.825. The number of benzene rings is 1. The smallest absolute Gasteiger partial charge is 0.354 e. The number of nitrogens with one attached hydrogen (secondary N) is 1. The van der Waals surface area contributed by atoms with E-state index in [1.165, 1.54) is 7.11 Å². The molecule has 0 saturated carbocycles. The maximum absolute atomic E-state index is 11.5. The van der Waals surface area contributed by atoms with Gasteiger partial charge in [0.1, 0.15) is 5.75 Å². The molecule has 2 aromatic rings. The van der Waals surface area contributed by atoms with Crippen LogP contribution in [0, 0.1) is 0 Å². The zero-order valence-corrected chi connectivity index (χ0v) is 9.01. The second-order valence-corrected chi connectivity index (χ2v) is 3.32. The van der Waals surface area contributed by atoms with Crippen LogP contribution in [0.25, 0.3) is 5.69 Å². The third-order valence-electron chi connectivity index (χ3n) is 2.33. The van der Waals surface area contributed by atoms with Gasteiger partial charge in [0.2, 0.25) is 0 Å². The lowest BCUT2D eigenvalue weighted by Gasteiger charge is -2.05. The fourth-order valence-electron chi connectivity index (χ4n) is 1.51. The molecule has 1 aromatic heterocycles. The normalized spacial score (nSPS) is 10.2.